The number of halogens is 1. The second-order valence-corrected chi connectivity index (χ2v) is 9.41. The van der Waals surface area contributed by atoms with Crippen molar-refractivity contribution >= 4 is 23.4 Å². The summed E-state index contributed by atoms with van der Waals surface area (Å²) < 4.78 is 5.70. The Bertz CT molecular complexity index is 1230. The fraction of sp³-hybridized carbons (Fsp3) is 0.310. The van der Waals surface area contributed by atoms with Gasteiger partial charge in [-0.25, -0.2) is 0 Å². The Morgan fingerprint density at radius 3 is 2.54 bits per heavy atom. The summed E-state index contributed by atoms with van der Waals surface area (Å²) >= 11 is 6.10. The molecule has 1 fully saturated rings. The summed E-state index contributed by atoms with van der Waals surface area (Å²) in [6.07, 6.45) is -2.28. The van der Waals surface area contributed by atoms with E-state index in [2.05, 4.69) is 5.32 Å². The number of aliphatic hydroxyl groups excluding tert-OH is 2. The number of carbonyl (C=O) groups excluding carboxylic acids is 2. The van der Waals surface area contributed by atoms with Gasteiger partial charge in [-0.05, 0) is 54.7 Å². The minimum atomic E-state index is -1.88. The van der Waals surface area contributed by atoms with Gasteiger partial charge in [-0.1, -0.05) is 66.2 Å². The van der Waals surface area contributed by atoms with Crippen molar-refractivity contribution in [3.05, 3.63) is 88.9 Å². The monoisotopic (exact) mass is 522 g/mol. The zero-order valence-corrected chi connectivity index (χ0v) is 21.4. The maximum absolute atomic E-state index is 13.0. The molecule has 4 rings (SSSR count). The first-order valence-electron chi connectivity index (χ1n) is 12.4. The van der Waals surface area contributed by atoms with E-state index in [0.717, 1.165) is 34.4 Å². The lowest BCUT2D eigenvalue weighted by Crippen LogP contribution is -2.50. The summed E-state index contributed by atoms with van der Waals surface area (Å²) in [6.45, 7) is 3.07. The van der Waals surface area contributed by atoms with E-state index in [-0.39, 0.29) is 12.6 Å². The van der Waals surface area contributed by atoms with E-state index in [0.29, 0.717) is 24.6 Å². The molecule has 194 valence electrons. The highest BCUT2D eigenvalue weighted by Crippen LogP contribution is 2.34. The highest BCUT2D eigenvalue weighted by Gasteiger charge is 2.38. The van der Waals surface area contributed by atoms with Crippen molar-refractivity contribution in [1.29, 1.82) is 0 Å². The molecule has 1 heterocycles. The molecule has 0 unspecified atom stereocenters. The van der Waals surface area contributed by atoms with Crippen LogP contribution in [0.2, 0.25) is 5.02 Å². The van der Waals surface area contributed by atoms with Gasteiger partial charge in [0.1, 0.15) is 5.75 Å². The minimum absolute atomic E-state index is 0.138. The fourth-order valence-electron chi connectivity index (χ4n) is 4.62. The Morgan fingerprint density at radius 1 is 1.05 bits per heavy atom. The van der Waals surface area contributed by atoms with Gasteiger partial charge in [0.2, 0.25) is 0 Å². The number of amides is 2. The molecule has 0 radical (unpaired) electrons. The van der Waals surface area contributed by atoms with Gasteiger partial charge in [0.05, 0.1) is 12.6 Å². The van der Waals surface area contributed by atoms with Crippen LogP contribution >= 0.6 is 11.6 Å². The molecule has 0 aromatic heterocycles. The quantitative estimate of drug-likeness (QED) is 0.393. The molecule has 1 aliphatic heterocycles. The average Bonchev–Trinajstić information content (AvgIpc) is 3.41. The molecular weight excluding hydrogens is 492 g/mol. The number of hydrogen-bond donors (Lipinski definition) is 3. The Labute approximate surface area is 221 Å². The van der Waals surface area contributed by atoms with Crippen LogP contribution in [0.4, 0.5) is 0 Å². The number of benzene rings is 3. The summed E-state index contributed by atoms with van der Waals surface area (Å²) in [4.78, 5) is 27.0. The summed E-state index contributed by atoms with van der Waals surface area (Å²) in [7, 11) is 0. The topological polar surface area (TPSA) is 99.1 Å². The first-order chi connectivity index (χ1) is 17.9. The van der Waals surface area contributed by atoms with Crippen molar-refractivity contribution in [1.82, 2.24) is 10.2 Å². The number of aliphatic hydroxyl groups is 2. The van der Waals surface area contributed by atoms with Gasteiger partial charge in [-0.2, -0.15) is 0 Å². The van der Waals surface area contributed by atoms with E-state index in [4.69, 9.17) is 16.3 Å². The molecule has 0 aliphatic carbocycles. The van der Waals surface area contributed by atoms with Gasteiger partial charge in [0.15, 0.2) is 12.2 Å². The first kappa shape index (κ1) is 26.7. The third-order valence-electron chi connectivity index (χ3n) is 6.51. The van der Waals surface area contributed by atoms with Crippen LogP contribution in [0, 0.1) is 0 Å². The molecule has 2 amide bonds. The van der Waals surface area contributed by atoms with Crippen molar-refractivity contribution in [3.63, 3.8) is 0 Å². The molecular formula is C29H31ClN2O5. The lowest BCUT2D eigenvalue weighted by Gasteiger charge is -2.28. The van der Waals surface area contributed by atoms with Gasteiger partial charge < -0.3 is 25.2 Å². The first-order valence-corrected chi connectivity index (χ1v) is 12.8. The highest BCUT2D eigenvalue weighted by molar-refractivity contribution is 6.30. The van der Waals surface area contributed by atoms with E-state index in [1.165, 1.54) is 4.90 Å². The average molecular weight is 523 g/mol. The number of nitrogens with zero attached hydrogens (tertiary/aromatic N) is 1. The van der Waals surface area contributed by atoms with Crippen molar-refractivity contribution < 1.29 is 24.5 Å². The van der Waals surface area contributed by atoms with Gasteiger partial charge in [0.25, 0.3) is 11.8 Å². The number of likely N-dealkylation sites (tertiary alicyclic amines) is 1. The summed E-state index contributed by atoms with van der Waals surface area (Å²) in [5, 5.41) is 24.1. The van der Waals surface area contributed by atoms with E-state index in [1.807, 2.05) is 67.6 Å². The number of hydrogen-bond acceptors (Lipinski definition) is 5. The van der Waals surface area contributed by atoms with Gasteiger partial charge in [-0.3, -0.25) is 9.59 Å². The molecule has 3 aromatic carbocycles. The van der Waals surface area contributed by atoms with Crippen LogP contribution in [0.3, 0.4) is 0 Å². The molecule has 0 saturated carbocycles. The second kappa shape index (κ2) is 12.2. The second-order valence-electron chi connectivity index (χ2n) is 8.98. The third kappa shape index (κ3) is 6.31. The Balaban J connectivity index is 1.35. The molecule has 3 N–H and O–H groups in total. The third-order valence-corrected chi connectivity index (χ3v) is 6.74. The maximum atomic E-state index is 13.0. The van der Waals surface area contributed by atoms with Gasteiger partial charge in [-0.15, -0.1) is 0 Å². The summed E-state index contributed by atoms with van der Waals surface area (Å²) in [6, 6.07) is 22.3. The van der Waals surface area contributed by atoms with Crippen LogP contribution < -0.4 is 10.1 Å². The molecule has 8 heteroatoms. The van der Waals surface area contributed by atoms with Crippen molar-refractivity contribution in [2.75, 3.05) is 13.2 Å². The maximum Gasteiger partial charge on any atom is 0.255 e. The van der Waals surface area contributed by atoms with Gasteiger partial charge >= 0.3 is 0 Å². The molecule has 1 saturated heterocycles. The van der Waals surface area contributed by atoms with Crippen LogP contribution in [0.5, 0.6) is 5.75 Å². The Kier molecular flexibility index (Phi) is 8.82. The molecule has 3 atom stereocenters. The number of ether oxygens (including phenoxy) is 1. The van der Waals surface area contributed by atoms with Gasteiger partial charge in [0, 0.05) is 23.7 Å². The van der Waals surface area contributed by atoms with E-state index < -0.39 is 24.0 Å². The number of rotatable bonds is 9. The largest absolute Gasteiger partial charge is 0.493 e. The predicted octanol–water partition coefficient (Wildman–Crippen LogP) is 4.11. The molecule has 1 aliphatic rings. The zero-order valence-electron chi connectivity index (χ0n) is 20.6. The number of carbonyl (C=O) groups is 2. The normalized spacial score (nSPS) is 16.8. The smallest absolute Gasteiger partial charge is 0.255 e. The number of para-hydroxylation sites is 1. The van der Waals surface area contributed by atoms with Crippen molar-refractivity contribution in [2.45, 2.75) is 44.6 Å². The Morgan fingerprint density at radius 2 is 1.81 bits per heavy atom. The molecule has 7 nitrogen and oxygen atoms in total. The lowest BCUT2D eigenvalue weighted by atomic mass is 10.0. The van der Waals surface area contributed by atoms with Crippen molar-refractivity contribution in [3.8, 4) is 16.9 Å². The fourth-order valence-corrected chi connectivity index (χ4v) is 4.82. The predicted molar refractivity (Wildman–Crippen MR) is 142 cm³/mol. The SMILES string of the molecule is CCOc1ccccc1-c1ccc(CNC(=O)[C@H](O)[C@@H](O)C(=O)N2CCC[C@@H]2c2cccc(Cl)c2)cc1. The van der Waals surface area contributed by atoms with Crippen LogP contribution in [0.25, 0.3) is 11.1 Å². The molecule has 0 spiro atoms. The molecule has 3 aromatic rings. The van der Waals surface area contributed by atoms with Crippen molar-refractivity contribution in [2.24, 2.45) is 0 Å². The van der Waals surface area contributed by atoms with E-state index in [1.54, 1.807) is 12.1 Å². The standard InChI is InChI=1S/C29H31ClN2O5/c1-2-37-25-11-4-3-9-23(25)20-14-12-19(13-15-20)18-31-28(35)26(33)27(34)29(36)32-16-6-10-24(32)21-7-5-8-22(30)17-21/h3-5,7-9,11-15,17,24,26-27,33-34H,2,6,10,16,18H2,1H3,(H,31,35)/t24-,26-,27-/m1/s1. The van der Waals surface area contributed by atoms with Crippen LogP contribution in [0.15, 0.2) is 72.8 Å². The van der Waals surface area contributed by atoms with Crippen LogP contribution in [-0.4, -0.2) is 52.3 Å². The van der Waals surface area contributed by atoms with Crippen LogP contribution in [-0.2, 0) is 16.1 Å². The summed E-state index contributed by atoms with van der Waals surface area (Å²) in [5.74, 6) is -0.698. The number of nitrogens with one attached hydrogen (secondary N) is 1. The van der Waals surface area contributed by atoms with Crippen LogP contribution in [0.1, 0.15) is 36.9 Å². The lowest BCUT2D eigenvalue weighted by molar-refractivity contribution is -0.153. The highest BCUT2D eigenvalue weighted by atomic mass is 35.5. The minimum Gasteiger partial charge on any atom is -0.493 e. The molecule has 0 bridgehead atoms. The van der Waals surface area contributed by atoms with E-state index in [9.17, 15) is 19.8 Å². The Hall–Kier alpha value is -3.39. The zero-order chi connectivity index (χ0) is 26.4. The van der Waals surface area contributed by atoms with E-state index >= 15 is 0 Å². The molecule has 37 heavy (non-hydrogen) atoms. The summed E-state index contributed by atoms with van der Waals surface area (Å²) in [5.41, 5.74) is 3.60.